The lowest BCUT2D eigenvalue weighted by atomic mass is 9.86. The number of alkyl halides is 1. The summed E-state index contributed by atoms with van der Waals surface area (Å²) < 4.78 is 7.23. The van der Waals surface area contributed by atoms with Gasteiger partial charge in [-0.1, -0.05) is 55.2 Å². The van der Waals surface area contributed by atoms with Crippen molar-refractivity contribution in [3.63, 3.8) is 0 Å². The van der Waals surface area contributed by atoms with E-state index in [0.29, 0.717) is 0 Å². The molecule has 0 saturated heterocycles. The molecule has 0 aromatic rings. The van der Waals surface area contributed by atoms with Crippen molar-refractivity contribution in [3.05, 3.63) is 0 Å². The van der Waals surface area contributed by atoms with Gasteiger partial charge < -0.3 is 4.74 Å². The molecule has 0 aromatic carbocycles. The van der Waals surface area contributed by atoms with Crippen LogP contribution in [0.5, 0.6) is 0 Å². The van der Waals surface area contributed by atoms with Gasteiger partial charge in [0.25, 0.3) is 0 Å². The molecule has 0 atom stereocenters. The van der Waals surface area contributed by atoms with Crippen molar-refractivity contribution in [2.24, 2.45) is 0 Å². The molecule has 78 valence electrons. The molecule has 2 heteroatoms. The van der Waals surface area contributed by atoms with Crippen LogP contribution in [0, 0.1) is 0 Å². The number of halogens is 1. The van der Waals surface area contributed by atoms with E-state index in [1.807, 2.05) is 0 Å². The van der Waals surface area contributed by atoms with E-state index in [2.05, 4.69) is 29.5 Å². The number of ether oxygens (including phenoxy) is 1. The van der Waals surface area contributed by atoms with Gasteiger partial charge in [0.05, 0.1) is 5.60 Å². The van der Waals surface area contributed by atoms with Gasteiger partial charge in [-0.05, 0) is 19.3 Å². The quantitative estimate of drug-likeness (QED) is 0.424. The van der Waals surface area contributed by atoms with Gasteiger partial charge in [-0.25, -0.2) is 0 Å². The van der Waals surface area contributed by atoms with Crippen LogP contribution in [0.2, 0.25) is 0 Å². The molecule has 13 heavy (non-hydrogen) atoms. The largest absolute Gasteiger partial charge is 0.374 e. The molecule has 1 aliphatic rings. The Morgan fingerprint density at radius 3 is 2.46 bits per heavy atom. The molecule has 1 aliphatic carbocycles. The third kappa shape index (κ3) is 3.74. The first kappa shape index (κ1) is 11.8. The average Bonchev–Trinajstić information content (AvgIpc) is 2.20. The zero-order valence-corrected chi connectivity index (χ0v) is 10.8. The standard InChI is InChI=1S/C11H21IO/c1-2-3-9-13-11(10-12)7-5-4-6-8-11/h2-10H2,1H3. The molecular weight excluding hydrogens is 275 g/mol. The highest BCUT2D eigenvalue weighted by Crippen LogP contribution is 2.33. The van der Waals surface area contributed by atoms with Crippen molar-refractivity contribution in [3.8, 4) is 0 Å². The van der Waals surface area contributed by atoms with E-state index < -0.39 is 0 Å². The highest BCUT2D eigenvalue weighted by molar-refractivity contribution is 14.1. The molecule has 0 unspecified atom stereocenters. The Bertz CT molecular complexity index is 130. The molecule has 1 fully saturated rings. The summed E-state index contributed by atoms with van der Waals surface area (Å²) in [6.45, 7) is 3.19. The van der Waals surface area contributed by atoms with Crippen LogP contribution in [0.3, 0.4) is 0 Å². The van der Waals surface area contributed by atoms with Crippen molar-refractivity contribution in [2.75, 3.05) is 11.0 Å². The molecule has 0 bridgehead atoms. The summed E-state index contributed by atoms with van der Waals surface area (Å²) in [5.41, 5.74) is 0.258. The number of rotatable bonds is 5. The molecule has 1 rings (SSSR count). The molecule has 1 saturated carbocycles. The van der Waals surface area contributed by atoms with Gasteiger partial charge in [0, 0.05) is 11.0 Å². The Hall–Kier alpha value is 0.690. The van der Waals surface area contributed by atoms with Gasteiger partial charge in [0.2, 0.25) is 0 Å². The van der Waals surface area contributed by atoms with Gasteiger partial charge in [-0.3, -0.25) is 0 Å². The molecule has 0 heterocycles. The second kappa shape index (κ2) is 6.23. The normalized spacial score (nSPS) is 21.7. The van der Waals surface area contributed by atoms with Crippen LogP contribution >= 0.6 is 22.6 Å². The minimum absolute atomic E-state index is 0.258. The van der Waals surface area contributed by atoms with Crippen molar-refractivity contribution >= 4 is 22.6 Å². The lowest BCUT2D eigenvalue weighted by molar-refractivity contribution is -0.0511. The van der Waals surface area contributed by atoms with Crippen molar-refractivity contribution < 1.29 is 4.74 Å². The van der Waals surface area contributed by atoms with Gasteiger partial charge in [-0.15, -0.1) is 0 Å². The summed E-state index contributed by atoms with van der Waals surface area (Å²) in [5, 5.41) is 0. The summed E-state index contributed by atoms with van der Waals surface area (Å²) in [7, 11) is 0. The summed E-state index contributed by atoms with van der Waals surface area (Å²) in [5.74, 6) is 0. The molecular formula is C11H21IO. The molecule has 0 N–H and O–H groups in total. The van der Waals surface area contributed by atoms with E-state index in [0.717, 1.165) is 6.61 Å². The van der Waals surface area contributed by atoms with Crippen LogP contribution in [0.4, 0.5) is 0 Å². The van der Waals surface area contributed by atoms with Gasteiger partial charge in [-0.2, -0.15) is 0 Å². The van der Waals surface area contributed by atoms with E-state index >= 15 is 0 Å². The second-order valence-electron chi connectivity index (χ2n) is 4.08. The zero-order chi connectivity index (χ0) is 9.57. The zero-order valence-electron chi connectivity index (χ0n) is 8.65. The number of unbranched alkanes of at least 4 members (excludes halogenated alkanes) is 1. The minimum Gasteiger partial charge on any atom is -0.374 e. The Morgan fingerprint density at radius 1 is 1.23 bits per heavy atom. The van der Waals surface area contributed by atoms with E-state index in [9.17, 15) is 0 Å². The van der Waals surface area contributed by atoms with Gasteiger partial charge >= 0.3 is 0 Å². The lowest BCUT2D eigenvalue weighted by Crippen LogP contribution is -2.37. The summed E-state index contributed by atoms with van der Waals surface area (Å²) in [6.07, 6.45) is 9.20. The number of hydrogen-bond donors (Lipinski definition) is 0. The first-order chi connectivity index (χ1) is 6.33. The second-order valence-corrected chi connectivity index (χ2v) is 4.84. The van der Waals surface area contributed by atoms with Crippen molar-refractivity contribution in [2.45, 2.75) is 57.5 Å². The minimum atomic E-state index is 0.258. The molecule has 0 amide bonds. The van der Waals surface area contributed by atoms with Crippen LogP contribution in [-0.2, 0) is 4.74 Å². The van der Waals surface area contributed by atoms with E-state index in [4.69, 9.17) is 4.74 Å². The van der Waals surface area contributed by atoms with E-state index in [-0.39, 0.29) is 5.60 Å². The van der Waals surface area contributed by atoms with Crippen LogP contribution < -0.4 is 0 Å². The van der Waals surface area contributed by atoms with Crippen molar-refractivity contribution in [1.82, 2.24) is 0 Å². The Balaban J connectivity index is 2.29. The van der Waals surface area contributed by atoms with E-state index in [1.54, 1.807) is 0 Å². The van der Waals surface area contributed by atoms with Crippen LogP contribution in [-0.4, -0.2) is 16.6 Å². The van der Waals surface area contributed by atoms with Gasteiger partial charge in [0.1, 0.15) is 0 Å². The molecule has 1 nitrogen and oxygen atoms in total. The van der Waals surface area contributed by atoms with Crippen LogP contribution in [0.15, 0.2) is 0 Å². The Kier molecular flexibility index (Phi) is 5.63. The SMILES string of the molecule is CCCCOC1(CI)CCCCC1. The van der Waals surface area contributed by atoms with Crippen LogP contribution in [0.1, 0.15) is 51.9 Å². The fourth-order valence-corrected chi connectivity index (χ4v) is 2.93. The maximum Gasteiger partial charge on any atom is 0.0771 e. The number of hydrogen-bond acceptors (Lipinski definition) is 1. The fourth-order valence-electron chi connectivity index (χ4n) is 1.95. The summed E-state index contributed by atoms with van der Waals surface area (Å²) >= 11 is 2.49. The predicted octanol–water partition coefficient (Wildman–Crippen LogP) is 3.94. The fraction of sp³-hybridized carbons (Fsp3) is 1.00. The van der Waals surface area contributed by atoms with Gasteiger partial charge in [0.15, 0.2) is 0 Å². The molecule has 0 spiro atoms. The highest BCUT2D eigenvalue weighted by atomic mass is 127. The van der Waals surface area contributed by atoms with Crippen molar-refractivity contribution in [1.29, 1.82) is 0 Å². The third-order valence-corrected chi connectivity index (χ3v) is 4.30. The molecule has 0 aliphatic heterocycles. The first-order valence-electron chi connectivity index (χ1n) is 5.53. The topological polar surface area (TPSA) is 9.23 Å². The summed E-state index contributed by atoms with van der Waals surface area (Å²) in [6, 6.07) is 0. The molecule has 0 radical (unpaired) electrons. The highest BCUT2D eigenvalue weighted by Gasteiger charge is 2.31. The Labute approximate surface area is 95.8 Å². The van der Waals surface area contributed by atoms with E-state index in [1.165, 1.54) is 49.4 Å². The maximum atomic E-state index is 6.05. The first-order valence-corrected chi connectivity index (χ1v) is 7.05. The summed E-state index contributed by atoms with van der Waals surface area (Å²) in [4.78, 5) is 0. The Morgan fingerprint density at radius 2 is 1.92 bits per heavy atom. The lowest BCUT2D eigenvalue weighted by Gasteiger charge is -2.35. The predicted molar refractivity (Wildman–Crippen MR) is 65.6 cm³/mol. The maximum absolute atomic E-state index is 6.05. The molecule has 0 aromatic heterocycles. The monoisotopic (exact) mass is 296 g/mol. The smallest absolute Gasteiger partial charge is 0.0771 e. The van der Waals surface area contributed by atoms with Crippen LogP contribution in [0.25, 0.3) is 0 Å². The third-order valence-electron chi connectivity index (χ3n) is 2.91. The average molecular weight is 296 g/mol.